The maximum absolute atomic E-state index is 12.5. The number of carbonyl (C=O) groups is 4. The molecule has 0 aliphatic heterocycles. The Morgan fingerprint density at radius 2 is 1.31 bits per heavy atom. The lowest BCUT2D eigenvalue weighted by Crippen LogP contribution is -2.36. The minimum atomic E-state index is -1.09. The van der Waals surface area contributed by atoms with Crippen LogP contribution in [0.5, 0.6) is 11.5 Å². The smallest absolute Gasteiger partial charge is 0.461 e. The molecule has 0 radical (unpaired) electrons. The third-order valence-corrected chi connectivity index (χ3v) is 5.92. The van der Waals surface area contributed by atoms with Gasteiger partial charge in [0.2, 0.25) is 0 Å². The summed E-state index contributed by atoms with van der Waals surface area (Å²) in [7, 11) is 0. The van der Waals surface area contributed by atoms with Gasteiger partial charge >= 0.3 is 24.4 Å². The van der Waals surface area contributed by atoms with Gasteiger partial charge in [-0.15, -0.1) is 0 Å². The molecule has 0 saturated heterocycles. The summed E-state index contributed by atoms with van der Waals surface area (Å²) in [6.07, 6.45) is -1.37. The van der Waals surface area contributed by atoms with E-state index in [2.05, 4.69) is 0 Å². The van der Waals surface area contributed by atoms with Gasteiger partial charge in [-0.25, -0.2) is 14.4 Å². The van der Waals surface area contributed by atoms with Crippen molar-refractivity contribution in [2.45, 2.75) is 86.3 Å². The normalized spacial score (nSPS) is 13.1. The molecule has 0 spiro atoms. The summed E-state index contributed by atoms with van der Waals surface area (Å²) in [5.41, 5.74) is 6.52. The lowest BCUT2D eigenvalue weighted by Gasteiger charge is -2.17. The van der Waals surface area contributed by atoms with E-state index in [4.69, 9.17) is 38.9 Å². The third kappa shape index (κ3) is 16.0. The van der Waals surface area contributed by atoms with Gasteiger partial charge in [0.1, 0.15) is 18.8 Å². The fourth-order valence-electron chi connectivity index (χ4n) is 3.04. The first kappa shape index (κ1) is 36.5. The number of benzene rings is 1. The van der Waals surface area contributed by atoms with Crippen LogP contribution in [-0.4, -0.2) is 63.0 Å². The Kier molecular flexibility index (Phi) is 17.0. The van der Waals surface area contributed by atoms with Crippen LogP contribution < -0.4 is 15.2 Å². The maximum atomic E-state index is 12.5. The van der Waals surface area contributed by atoms with Crippen molar-refractivity contribution in [1.29, 1.82) is 0 Å². The Balaban J connectivity index is 2.80. The van der Waals surface area contributed by atoms with Gasteiger partial charge in [-0.2, -0.15) is 0 Å². The molecule has 0 heterocycles. The van der Waals surface area contributed by atoms with Crippen molar-refractivity contribution in [2.75, 3.05) is 26.4 Å². The van der Waals surface area contributed by atoms with Crippen LogP contribution in [-0.2, 0) is 34.9 Å². The van der Waals surface area contributed by atoms with E-state index in [1.54, 1.807) is 13.0 Å². The minimum Gasteiger partial charge on any atom is -0.461 e. The number of carbonyl (C=O) groups excluding carboxylic acids is 4. The van der Waals surface area contributed by atoms with Crippen LogP contribution >= 0.6 is 0 Å². The van der Waals surface area contributed by atoms with Gasteiger partial charge in [0.25, 0.3) is 0 Å². The lowest BCUT2D eigenvalue weighted by atomic mass is 10.1. The first-order valence-electron chi connectivity index (χ1n) is 14.4. The molecule has 3 atom stereocenters. The Labute approximate surface area is 248 Å². The number of hydrogen-bond donors (Lipinski definition) is 1. The summed E-state index contributed by atoms with van der Waals surface area (Å²) in [5.74, 6) is -0.0609. The standard InChI is InChI=1S/C30H47NO11/c1-8-21(6)17-39-30(35)40-22(7)18-38-27(32)24(31)15-23-9-10-25(41-28(33)36-13-11-19(2)3)26(16-23)42-29(34)37-14-12-20(4)5/h9-10,16,19-22,24H,8,11-15,17-18,31H2,1-7H3/t21?,22-,24-/m0/s1. The van der Waals surface area contributed by atoms with Crippen LogP contribution in [0.25, 0.3) is 0 Å². The molecule has 0 aliphatic rings. The van der Waals surface area contributed by atoms with E-state index in [9.17, 15) is 19.2 Å². The molecule has 12 heteroatoms. The van der Waals surface area contributed by atoms with Crippen LogP contribution in [0.4, 0.5) is 14.4 Å². The highest BCUT2D eigenvalue weighted by molar-refractivity contribution is 5.76. The molecular formula is C30H47NO11. The van der Waals surface area contributed by atoms with E-state index in [-0.39, 0.29) is 50.3 Å². The second-order valence-corrected chi connectivity index (χ2v) is 11.0. The molecule has 1 aromatic rings. The van der Waals surface area contributed by atoms with Crippen LogP contribution in [0.2, 0.25) is 0 Å². The molecule has 42 heavy (non-hydrogen) atoms. The minimum absolute atomic E-state index is 0.00287. The van der Waals surface area contributed by atoms with Crippen LogP contribution in [0.15, 0.2) is 18.2 Å². The topological polar surface area (TPSA) is 159 Å². The van der Waals surface area contributed by atoms with Crippen molar-refractivity contribution >= 4 is 24.4 Å². The predicted molar refractivity (Wildman–Crippen MR) is 153 cm³/mol. The van der Waals surface area contributed by atoms with E-state index in [1.807, 2.05) is 41.5 Å². The summed E-state index contributed by atoms with van der Waals surface area (Å²) >= 11 is 0. The summed E-state index contributed by atoms with van der Waals surface area (Å²) < 4.78 is 36.0. The molecule has 1 rings (SSSR count). The Bertz CT molecular complexity index is 995. The average molecular weight is 598 g/mol. The molecule has 0 amide bonds. The van der Waals surface area contributed by atoms with E-state index >= 15 is 0 Å². The summed E-state index contributed by atoms with van der Waals surface area (Å²) in [6, 6.07) is 3.27. The predicted octanol–water partition coefficient (Wildman–Crippen LogP) is 5.81. The molecule has 238 valence electrons. The number of hydrogen-bond acceptors (Lipinski definition) is 12. The zero-order valence-electron chi connectivity index (χ0n) is 25.8. The van der Waals surface area contributed by atoms with E-state index in [0.29, 0.717) is 30.2 Å². The van der Waals surface area contributed by atoms with Crippen LogP contribution in [0, 0.1) is 17.8 Å². The van der Waals surface area contributed by atoms with Gasteiger partial charge in [-0.05, 0) is 61.6 Å². The first-order valence-corrected chi connectivity index (χ1v) is 14.4. The second-order valence-electron chi connectivity index (χ2n) is 11.0. The van der Waals surface area contributed by atoms with Gasteiger partial charge in [0, 0.05) is 0 Å². The zero-order valence-corrected chi connectivity index (χ0v) is 25.8. The quantitative estimate of drug-likeness (QED) is 0.131. The Hall–Kier alpha value is -3.54. The lowest BCUT2D eigenvalue weighted by molar-refractivity contribution is -0.148. The molecule has 2 N–H and O–H groups in total. The molecule has 1 aromatic carbocycles. The number of ether oxygens (including phenoxy) is 7. The van der Waals surface area contributed by atoms with Gasteiger partial charge in [0.05, 0.1) is 19.8 Å². The highest BCUT2D eigenvalue weighted by Gasteiger charge is 2.22. The summed E-state index contributed by atoms with van der Waals surface area (Å²) in [5, 5.41) is 0. The molecule has 0 fully saturated rings. The van der Waals surface area contributed by atoms with E-state index in [0.717, 1.165) is 6.42 Å². The van der Waals surface area contributed by atoms with Gasteiger partial charge in [-0.3, -0.25) is 4.79 Å². The first-order chi connectivity index (χ1) is 19.8. The molecule has 0 saturated carbocycles. The number of rotatable bonds is 17. The maximum Gasteiger partial charge on any atom is 0.513 e. The summed E-state index contributed by atoms with van der Waals surface area (Å²) in [4.78, 5) is 48.7. The highest BCUT2D eigenvalue weighted by Crippen LogP contribution is 2.30. The largest absolute Gasteiger partial charge is 0.513 e. The monoisotopic (exact) mass is 597 g/mol. The van der Waals surface area contributed by atoms with Crippen molar-refractivity contribution in [3.8, 4) is 11.5 Å². The molecular weight excluding hydrogens is 550 g/mol. The van der Waals surface area contributed by atoms with Crippen molar-refractivity contribution in [3.63, 3.8) is 0 Å². The Morgan fingerprint density at radius 1 is 0.738 bits per heavy atom. The molecule has 0 aliphatic carbocycles. The zero-order chi connectivity index (χ0) is 31.7. The second kappa shape index (κ2) is 19.6. The van der Waals surface area contributed by atoms with Crippen molar-refractivity contribution < 1.29 is 52.3 Å². The average Bonchev–Trinajstić information content (AvgIpc) is 2.91. The third-order valence-electron chi connectivity index (χ3n) is 5.92. The molecule has 12 nitrogen and oxygen atoms in total. The van der Waals surface area contributed by atoms with Gasteiger partial charge in [-0.1, -0.05) is 54.0 Å². The van der Waals surface area contributed by atoms with Gasteiger partial charge in [0.15, 0.2) is 11.5 Å². The van der Waals surface area contributed by atoms with Crippen molar-refractivity contribution in [1.82, 2.24) is 0 Å². The van der Waals surface area contributed by atoms with Crippen molar-refractivity contribution in [2.24, 2.45) is 23.5 Å². The van der Waals surface area contributed by atoms with Crippen LogP contribution in [0.1, 0.15) is 73.3 Å². The van der Waals surface area contributed by atoms with Crippen molar-refractivity contribution in [3.05, 3.63) is 23.8 Å². The van der Waals surface area contributed by atoms with Gasteiger partial charge < -0.3 is 38.9 Å². The molecule has 0 aromatic heterocycles. The number of nitrogens with two attached hydrogens (primary N) is 1. The van der Waals surface area contributed by atoms with Crippen LogP contribution in [0.3, 0.4) is 0 Å². The highest BCUT2D eigenvalue weighted by atomic mass is 16.7. The molecule has 0 bridgehead atoms. The van der Waals surface area contributed by atoms with E-state index < -0.39 is 36.6 Å². The number of esters is 1. The fraction of sp³-hybridized carbons (Fsp3) is 0.667. The Morgan fingerprint density at radius 3 is 1.86 bits per heavy atom. The SMILES string of the molecule is CCC(C)COC(=O)O[C@@H](C)COC(=O)[C@@H](N)Cc1ccc(OC(=O)OCCC(C)C)c(OC(=O)OCCC(C)C)c1. The molecule has 1 unspecified atom stereocenters. The summed E-state index contributed by atoms with van der Waals surface area (Å²) in [6.45, 7) is 13.8. The van der Waals surface area contributed by atoms with E-state index in [1.165, 1.54) is 12.1 Å². The fourth-order valence-corrected chi connectivity index (χ4v) is 3.04.